The van der Waals surface area contributed by atoms with Crippen molar-refractivity contribution in [3.63, 3.8) is 0 Å². The van der Waals surface area contributed by atoms with E-state index in [1.54, 1.807) is 0 Å². The molecule has 0 unspecified atom stereocenters. The fourth-order valence-electron chi connectivity index (χ4n) is 0. The van der Waals surface area contributed by atoms with Gasteiger partial charge in [-0.15, -0.1) is 0 Å². The van der Waals surface area contributed by atoms with E-state index < -0.39 is 0 Å². The Kier molecular flexibility index (Phi) is 570. The Morgan fingerprint density at radius 3 is 0.500 bits per heavy atom. The van der Waals surface area contributed by atoms with Crippen molar-refractivity contribution >= 4 is 86.6 Å². The Balaban J connectivity index is 0. The van der Waals surface area contributed by atoms with Gasteiger partial charge in [0.2, 0.25) is 0 Å². The predicted molar refractivity (Wildman–Crippen MR) is 19.3 cm³/mol. The van der Waals surface area contributed by atoms with Crippen molar-refractivity contribution in [2.24, 2.45) is 0 Å². The minimum atomic E-state index is 0. The van der Waals surface area contributed by atoms with Gasteiger partial charge in [-0.2, -0.15) is 0 Å². The molecule has 6 heavy (non-hydrogen) atoms. The molecule has 6 heteroatoms. The first-order chi connectivity index (χ1) is 0. The Morgan fingerprint density at radius 1 is 0.500 bits per heavy atom. The molecule has 0 aliphatic carbocycles. The number of hydrogen-bond donors (Lipinski definition) is 0. The zero-order valence-electron chi connectivity index (χ0n) is 3.20. The van der Waals surface area contributed by atoms with E-state index >= 15 is 0 Å². The average Bonchev–Trinajstić information content (AvgIpc) is 0. The van der Waals surface area contributed by atoms with E-state index in [-0.39, 0.29) is 109 Å². The maximum absolute atomic E-state index is 0. The van der Waals surface area contributed by atoms with Crippen molar-refractivity contribution in [1.82, 2.24) is 0 Å². The van der Waals surface area contributed by atoms with Crippen LogP contribution in [-0.4, -0.2) is 109 Å². The molecule has 0 aromatic carbocycles. The van der Waals surface area contributed by atoms with Crippen LogP contribution in [0.25, 0.3) is 0 Å². The molecule has 0 aromatic heterocycles. The summed E-state index contributed by atoms with van der Waals surface area (Å²) in [5, 5.41) is 0. The van der Waals surface area contributed by atoms with Crippen LogP contribution < -0.4 is 0 Å². The van der Waals surface area contributed by atoms with E-state index in [0.717, 1.165) is 0 Å². The van der Waals surface area contributed by atoms with Crippen LogP contribution in [0.2, 0.25) is 0 Å². The Hall–Kier alpha value is 2.67. The molecule has 0 saturated heterocycles. The molecule has 0 bridgehead atoms. The van der Waals surface area contributed by atoms with Gasteiger partial charge < -0.3 is 21.9 Å². The van der Waals surface area contributed by atoms with Crippen LogP contribution >= 0.6 is 0 Å². The topological polar surface area (TPSA) is 120 Å². The summed E-state index contributed by atoms with van der Waals surface area (Å²) in [5.74, 6) is 0. The molecule has 0 fully saturated rings. The monoisotopic (exact) mass is 246 g/mol. The quantitative estimate of drug-likeness (QED) is 0.484. The summed E-state index contributed by atoms with van der Waals surface area (Å²) in [4.78, 5) is 0. The molecular formula is H4BaCaO4. The van der Waals surface area contributed by atoms with Gasteiger partial charge in [-0.1, -0.05) is 0 Å². The van der Waals surface area contributed by atoms with Crippen molar-refractivity contribution in [2.75, 3.05) is 0 Å². The molecule has 0 amide bonds. The molecule has 0 atom stereocenters. The minimum absolute atomic E-state index is 0. The second-order valence-electron chi connectivity index (χ2n) is 0. The van der Waals surface area contributed by atoms with Gasteiger partial charge in [0.25, 0.3) is 0 Å². The minimum Gasteiger partial charge on any atom is -0.870 e. The van der Waals surface area contributed by atoms with Gasteiger partial charge in [-0.05, 0) is 0 Å². The SMILES string of the molecule is [Ba+2].[Ca+2].[OH-].[OH-].[OH-].[OH-]. The fourth-order valence-corrected chi connectivity index (χ4v) is 0. The first-order valence-corrected chi connectivity index (χ1v) is 0. The summed E-state index contributed by atoms with van der Waals surface area (Å²) in [7, 11) is 0. The predicted octanol–water partition coefficient (Wildman–Crippen LogP) is -1.47. The summed E-state index contributed by atoms with van der Waals surface area (Å²) in [6.45, 7) is 0. The van der Waals surface area contributed by atoms with E-state index in [2.05, 4.69) is 0 Å². The molecule has 0 aromatic rings. The van der Waals surface area contributed by atoms with Crippen molar-refractivity contribution < 1.29 is 21.9 Å². The summed E-state index contributed by atoms with van der Waals surface area (Å²) in [6.07, 6.45) is 0. The smallest absolute Gasteiger partial charge is 0.870 e. The molecule has 0 aliphatic heterocycles. The van der Waals surface area contributed by atoms with E-state index in [9.17, 15) is 0 Å². The molecule has 0 radical (unpaired) electrons. The number of hydrogen-bond acceptors (Lipinski definition) is 4. The summed E-state index contributed by atoms with van der Waals surface area (Å²) in [5.41, 5.74) is 0. The van der Waals surface area contributed by atoms with Gasteiger partial charge in [0.1, 0.15) is 0 Å². The molecule has 0 heterocycles. The summed E-state index contributed by atoms with van der Waals surface area (Å²) in [6, 6.07) is 0. The van der Waals surface area contributed by atoms with Crippen LogP contribution in [0.4, 0.5) is 0 Å². The maximum Gasteiger partial charge on any atom is 2.00 e. The summed E-state index contributed by atoms with van der Waals surface area (Å²) >= 11 is 0. The molecule has 0 spiro atoms. The Bertz CT molecular complexity index is 7.51. The standard InChI is InChI=1S/Ba.Ca.4H2O/h;;4*1H2/q2*+2;;;;/p-4. The van der Waals surface area contributed by atoms with Gasteiger partial charge in [0, 0.05) is 0 Å². The van der Waals surface area contributed by atoms with Crippen LogP contribution in [-0.2, 0) is 0 Å². The molecule has 0 saturated carbocycles. The zero-order chi connectivity index (χ0) is 0. The first-order valence-electron chi connectivity index (χ1n) is 0. The Morgan fingerprint density at radius 2 is 0.500 bits per heavy atom. The van der Waals surface area contributed by atoms with Gasteiger partial charge in [0.15, 0.2) is 0 Å². The van der Waals surface area contributed by atoms with Crippen molar-refractivity contribution in [2.45, 2.75) is 0 Å². The average molecular weight is 245 g/mol. The molecule has 0 aliphatic rings. The van der Waals surface area contributed by atoms with Gasteiger partial charge in [-0.25, -0.2) is 0 Å². The van der Waals surface area contributed by atoms with E-state index in [1.807, 2.05) is 0 Å². The molecule has 4 nitrogen and oxygen atoms in total. The van der Waals surface area contributed by atoms with E-state index in [0.29, 0.717) is 0 Å². The van der Waals surface area contributed by atoms with Crippen LogP contribution in [0.5, 0.6) is 0 Å². The molecular weight excluding hydrogens is 241 g/mol. The van der Waals surface area contributed by atoms with Gasteiger partial charge >= 0.3 is 86.6 Å². The van der Waals surface area contributed by atoms with Crippen LogP contribution in [0.15, 0.2) is 0 Å². The number of rotatable bonds is 0. The van der Waals surface area contributed by atoms with Crippen LogP contribution in [0, 0.1) is 0 Å². The van der Waals surface area contributed by atoms with Crippen molar-refractivity contribution in [1.29, 1.82) is 0 Å². The van der Waals surface area contributed by atoms with Gasteiger partial charge in [0.05, 0.1) is 0 Å². The second kappa shape index (κ2) is 47.8. The van der Waals surface area contributed by atoms with E-state index in [1.165, 1.54) is 0 Å². The van der Waals surface area contributed by atoms with E-state index in [4.69, 9.17) is 0 Å². The molecule has 4 N–H and O–H groups in total. The third kappa shape index (κ3) is 30.1. The normalized spacial score (nSPS) is 0. The molecule has 32 valence electrons. The largest absolute Gasteiger partial charge is 2.00 e. The zero-order valence-corrected chi connectivity index (χ0v) is 9.85. The van der Waals surface area contributed by atoms with Gasteiger partial charge in [-0.3, -0.25) is 0 Å². The summed E-state index contributed by atoms with van der Waals surface area (Å²) < 4.78 is 0. The van der Waals surface area contributed by atoms with Crippen LogP contribution in [0.1, 0.15) is 0 Å². The fraction of sp³-hybridized carbons (Fsp3) is 0. The van der Waals surface area contributed by atoms with Crippen molar-refractivity contribution in [3.8, 4) is 0 Å². The third-order valence-electron chi connectivity index (χ3n) is 0. The van der Waals surface area contributed by atoms with Crippen LogP contribution in [0.3, 0.4) is 0 Å². The first kappa shape index (κ1) is 71.5. The third-order valence-corrected chi connectivity index (χ3v) is 0. The van der Waals surface area contributed by atoms with Crippen molar-refractivity contribution in [3.05, 3.63) is 0 Å². The maximum atomic E-state index is 0. The second-order valence-corrected chi connectivity index (χ2v) is 0. The molecule has 0 rings (SSSR count). The Labute approximate surface area is 106 Å².